The molecular weight excluding hydrogens is 338 g/mol. The van der Waals surface area contributed by atoms with Gasteiger partial charge in [-0.25, -0.2) is 0 Å². The lowest BCUT2D eigenvalue weighted by Crippen LogP contribution is -2.29. The standard InChI is InChI=1S/C18H21N3O5/c1-10-17(11(2)26-20-10)13-5-8-15(16(9-13)21(24)25)19-14-6-3-12(4-7-14)18(22)23/h5,8-9,12,14,19H,3-4,6-7H2,1-2H3,(H,22,23). The van der Waals surface area contributed by atoms with E-state index in [0.717, 1.165) is 5.56 Å². The largest absolute Gasteiger partial charge is 0.481 e. The number of nitrogens with one attached hydrogen (secondary N) is 1. The normalized spacial score (nSPS) is 19.9. The van der Waals surface area contributed by atoms with Gasteiger partial charge in [-0.2, -0.15) is 0 Å². The topological polar surface area (TPSA) is 118 Å². The fourth-order valence-electron chi connectivity index (χ4n) is 3.56. The lowest BCUT2D eigenvalue weighted by molar-refractivity contribution is -0.383. The van der Waals surface area contributed by atoms with Crippen molar-refractivity contribution < 1.29 is 19.3 Å². The molecule has 1 aromatic carbocycles. The number of aryl methyl sites for hydroxylation is 2. The number of benzene rings is 1. The first-order chi connectivity index (χ1) is 12.4. The van der Waals surface area contributed by atoms with Crippen LogP contribution < -0.4 is 5.32 Å². The maximum absolute atomic E-state index is 11.5. The van der Waals surface area contributed by atoms with Gasteiger partial charge in [0.1, 0.15) is 11.4 Å². The zero-order valence-corrected chi connectivity index (χ0v) is 14.7. The lowest BCUT2D eigenvalue weighted by Gasteiger charge is -2.27. The molecule has 2 N–H and O–H groups in total. The number of nitrogens with zero attached hydrogens (tertiary/aromatic N) is 2. The van der Waals surface area contributed by atoms with Crippen molar-refractivity contribution in [1.29, 1.82) is 0 Å². The SMILES string of the molecule is Cc1noc(C)c1-c1ccc(NC2CCC(C(=O)O)CC2)c([N+](=O)[O-])c1. The highest BCUT2D eigenvalue weighted by molar-refractivity contribution is 5.75. The number of nitro benzene ring substituents is 1. The molecule has 0 spiro atoms. The molecule has 0 saturated heterocycles. The summed E-state index contributed by atoms with van der Waals surface area (Å²) in [6.45, 7) is 3.57. The summed E-state index contributed by atoms with van der Waals surface area (Å²) in [5, 5.41) is 27.7. The number of carbonyl (C=O) groups is 1. The fourth-order valence-corrected chi connectivity index (χ4v) is 3.56. The summed E-state index contributed by atoms with van der Waals surface area (Å²) in [6, 6.07) is 5.07. The van der Waals surface area contributed by atoms with Crippen LogP contribution in [0.2, 0.25) is 0 Å². The Labute approximate surface area is 150 Å². The predicted octanol–water partition coefficient (Wildman–Crippen LogP) is 3.92. The molecule has 8 heteroatoms. The molecule has 1 heterocycles. The number of anilines is 1. The average Bonchev–Trinajstić information content (AvgIpc) is 2.94. The van der Waals surface area contributed by atoms with Crippen LogP contribution in [0.25, 0.3) is 11.1 Å². The Hall–Kier alpha value is -2.90. The highest BCUT2D eigenvalue weighted by Crippen LogP contribution is 2.35. The van der Waals surface area contributed by atoms with E-state index >= 15 is 0 Å². The van der Waals surface area contributed by atoms with E-state index in [-0.39, 0.29) is 17.6 Å². The van der Waals surface area contributed by atoms with Crippen molar-refractivity contribution in [3.05, 3.63) is 39.8 Å². The first-order valence-electron chi connectivity index (χ1n) is 8.58. The van der Waals surface area contributed by atoms with Crippen molar-refractivity contribution in [2.45, 2.75) is 45.6 Å². The van der Waals surface area contributed by atoms with Crippen LogP contribution in [0.3, 0.4) is 0 Å². The van der Waals surface area contributed by atoms with E-state index in [4.69, 9.17) is 9.63 Å². The second-order valence-corrected chi connectivity index (χ2v) is 6.72. The third kappa shape index (κ3) is 3.54. The Kier molecular flexibility index (Phi) is 4.92. The van der Waals surface area contributed by atoms with Crippen LogP contribution in [0.5, 0.6) is 0 Å². The fraction of sp³-hybridized carbons (Fsp3) is 0.444. The van der Waals surface area contributed by atoms with Crippen LogP contribution in [-0.2, 0) is 4.79 Å². The van der Waals surface area contributed by atoms with E-state index in [1.165, 1.54) is 6.07 Å². The van der Waals surface area contributed by atoms with Crippen molar-refractivity contribution in [2.75, 3.05) is 5.32 Å². The van der Waals surface area contributed by atoms with Gasteiger partial charge in [-0.3, -0.25) is 14.9 Å². The zero-order chi connectivity index (χ0) is 18.8. The van der Waals surface area contributed by atoms with Crippen molar-refractivity contribution >= 4 is 17.3 Å². The van der Waals surface area contributed by atoms with Crippen molar-refractivity contribution in [2.24, 2.45) is 5.92 Å². The minimum atomic E-state index is -0.766. The number of carboxylic acids is 1. The highest BCUT2D eigenvalue weighted by Gasteiger charge is 2.27. The molecule has 1 aliphatic carbocycles. The van der Waals surface area contributed by atoms with Crippen LogP contribution in [0.4, 0.5) is 11.4 Å². The van der Waals surface area contributed by atoms with Crippen LogP contribution in [0, 0.1) is 29.9 Å². The first kappa shape index (κ1) is 17.9. The first-order valence-corrected chi connectivity index (χ1v) is 8.58. The molecule has 0 unspecified atom stereocenters. The maximum atomic E-state index is 11.5. The summed E-state index contributed by atoms with van der Waals surface area (Å²) in [5.41, 5.74) is 2.58. The van der Waals surface area contributed by atoms with Gasteiger partial charge in [-0.05, 0) is 51.2 Å². The molecule has 138 valence electrons. The molecule has 0 radical (unpaired) electrons. The highest BCUT2D eigenvalue weighted by atomic mass is 16.6. The average molecular weight is 359 g/mol. The van der Waals surface area contributed by atoms with Gasteiger partial charge in [-0.1, -0.05) is 11.2 Å². The van der Waals surface area contributed by atoms with E-state index in [0.29, 0.717) is 48.4 Å². The number of rotatable bonds is 5. The maximum Gasteiger partial charge on any atom is 0.306 e. The van der Waals surface area contributed by atoms with Crippen LogP contribution in [-0.4, -0.2) is 27.2 Å². The van der Waals surface area contributed by atoms with Gasteiger partial charge in [0.2, 0.25) is 0 Å². The third-order valence-electron chi connectivity index (χ3n) is 4.95. The molecular formula is C18H21N3O5. The van der Waals surface area contributed by atoms with Crippen LogP contribution in [0.15, 0.2) is 22.7 Å². The van der Waals surface area contributed by atoms with Gasteiger partial charge in [-0.15, -0.1) is 0 Å². The van der Waals surface area contributed by atoms with Crippen LogP contribution in [0.1, 0.15) is 37.1 Å². The summed E-state index contributed by atoms with van der Waals surface area (Å²) in [4.78, 5) is 22.2. The summed E-state index contributed by atoms with van der Waals surface area (Å²) >= 11 is 0. The van der Waals surface area contributed by atoms with Crippen LogP contribution >= 0.6 is 0 Å². The summed E-state index contributed by atoms with van der Waals surface area (Å²) in [6.07, 6.45) is 2.52. The molecule has 8 nitrogen and oxygen atoms in total. The zero-order valence-electron chi connectivity index (χ0n) is 14.7. The Balaban J connectivity index is 1.82. The molecule has 1 aliphatic rings. The van der Waals surface area contributed by atoms with Crippen molar-refractivity contribution in [3.8, 4) is 11.1 Å². The summed E-state index contributed by atoms with van der Waals surface area (Å²) in [7, 11) is 0. The van der Waals surface area contributed by atoms with Gasteiger partial charge >= 0.3 is 5.97 Å². The molecule has 1 aromatic heterocycles. The molecule has 26 heavy (non-hydrogen) atoms. The van der Waals surface area contributed by atoms with E-state index in [1.807, 2.05) is 6.07 Å². The van der Waals surface area contributed by atoms with Gasteiger partial charge in [0.25, 0.3) is 5.69 Å². The number of carboxylic acid groups (broad SMARTS) is 1. The smallest absolute Gasteiger partial charge is 0.306 e. The predicted molar refractivity (Wildman–Crippen MR) is 95.1 cm³/mol. The van der Waals surface area contributed by atoms with Gasteiger partial charge in [0.05, 0.1) is 16.5 Å². The molecule has 0 bridgehead atoms. The van der Waals surface area contributed by atoms with Crippen molar-refractivity contribution in [1.82, 2.24) is 5.16 Å². The monoisotopic (exact) mass is 359 g/mol. The Morgan fingerprint density at radius 3 is 2.54 bits per heavy atom. The lowest BCUT2D eigenvalue weighted by atomic mass is 9.86. The molecule has 2 aromatic rings. The molecule has 0 aliphatic heterocycles. The Bertz CT molecular complexity index is 818. The molecule has 0 amide bonds. The number of hydrogen-bond acceptors (Lipinski definition) is 6. The Morgan fingerprint density at radius 1 is 1.31 bits per heavy atom. The number of aliphatic carboxylic acids is 1. The van der Waals surface area contributed by atoms with Gasteiger partial charge in [0, 0.05) is 17.7 Å². The number of aromatic nitrogens is 1. The molecule has 1 saturated carbocycles. The van der Waals surface area contributed by atoms with E-state index in [2.05, 4.69) is 10.5 Å². The second kappa shape index (κ2) is 7.15. The van der Waals surface area contributed by atoms with Crippen molar-refractivity contribution in [3.63, 3.8) is 0 Å². The third-order valence-corrected chi connectivity index (χ3v) is 4.95. The summed E-state index contributed by atoms with van der Waals surface area (Å²) < 4.78 is 5.15. The molecule has 3 rings (SSSR count). The second-order valence-electron chi connectivity index (χ2n) is 6.72. The minimum Gasteiger partial charge on any atom is -0.481 e. The van der Waals surface area contributed by atoms with Gasteiger partial charge < -0.3 is 14.9 Å². The van der Waals surface area contributed by atoms with E-state index in [9.17, 15) is 14.9 Å². The Morgan fingerprint density at radius 2 is 2.00 bits per heavy atom. The molecule has 0 atom stereocenters. The number of hydrogen-bond donors (Lipinski definition) is 2. The van der Waals surface area contributed by atoms with E-state index in [1.54, 1.807) is 19.9 Å². The van der Waals surface area contributed by atoms with Gasteiger partial charge in [0.15, 0.2) is 0 Å². The minimum absolute atomic E-state index is 0.0112. The summed E-state index contributed by atoms with van der Waals surface area (Å²) in [5.74, 6) is -0.465. The van der Waals surface area contributed by atoms with E-state index < -0.39 is 10.9 Å². The molecule has 1 fully saturated rings. The number of nitro groups is 1. The quantitative estimate of drug-likeness (QED) is 0.613.